The Hall–Kier alpha value is -2.17. The molecule has 1 amide bonds. The molecule has 0 bridgehead atoms. The zero-order valence-corrected chi connectivity index (χ0v) is 14.0. The predicted molar refractivity (Wildman–Crippen MR) is 93.2 cm³/mol. The van der Waals surface area contributed by atoms with Gasteiger partial charge in [-0.1, -0.05) is 6.42 Å². The lowest BCUT2D eigenvalue weighted by Gasteiger charge is -2.14. The second kappa shape index (κ2) is 6.04. The second-order valence-electron chi connectivity index (χ2n) is 7.13. The highest BCUT2D eigenvalue weighted by atomic mass is 16.1. The van der Waals surface area contributed by atoms with Gasteiger partial charge in [0.2, 0.25) is 0 Å². The maximum absolute atomic E-state index is 12.7. The quantitative estimate of drug-likeness (QED) is 0.943. The van der Waals surface area contributed by atoms with Gasteiger partial charge in [0.25, 0.3) is 11.5 Å². The normalized spacial score (nSPS) is 18.7. The largest absolute Gasteiger partial charge is 0.349 e. The molecule has 2 aliphatic rings. The van der Waals surface area contributed by atoms with Crippen molar-refractivity contribution in [2.75, 3.05) is 0 Å². The first-order valence-corrected chi connectivity index (χ1v) is 8.98. The van der Waals surface area contributed by atoms with Gasteiger partial charge in [0.1, 0.15) is 5.82 Å². The topological polar surface area (TPSA) is 64.0 Å². The van der Waals surface area contributed by atoms with Crippen molar-refractivity contribution in [2.24, 2.45) is 5.92 Å². The molecule has 1 N–H and O–H groups in total. The van der Waals surface area contributed by atoms with Gasteiger partial charge >= 0.3 is 0 Å². The number of nitrogens with one attached hydrogen (secondary N) is 1. The summed E-state index contributed by atoms with van der Waals surface area (Å²) in [4.78, 5) is 29.8. The molecular weight excluding hydrogens is 302 g/mol. The van der Waals surface area contributed by atoms with Gasteiger partial charge in [0, 0.05) is 24.6 Å². The Labute approximate surface area is 141 Å². The summed E-state index contributed by atoms with van der Waals surface area (Å²) in [6, 6.07) is 5.46. The Kier molecular flexibility index (Phi) is 3.87. The molecule has 1 aromatic heterocycles. The number of benzene rings is 1. The lowest BCUT2D eigenvalue weighted by molar-refractivity contribution is 0.0936. The number of rotatable bonds is 3. The van der Waals surface area contributed by atoms with Crippen LogP contribution in [-0.4, -0.2) is 21.5 Å². The van der Waals surface area contributed by atoms with E-state index in [0.29, 0.717) is 22.4 Å². The number of hydrogen-bond acceptors (Lipinski definition) is 3. The summed E-state index contributed by atoms with van der Waals surface area (Å²) in [7, 11) is 0. The van der Waals surface area contributed by atoms with Crippen molar-refractivity contribution in [3.05, 3.63) is 39.9 Å². The molecule has 5 heteroatoms. The first-order chi connectivity index (χ1) is 11.6. The number of carbonyl (C=O) groups is 1. The van der Waals surface area contributed by atoms with E-state index in [4.69, 9.17) is 0 Å². The molecule has 1 saturated carbocycles. The Morgan fingerprint density at radius 3 is 2.92 bits per heavy atom. The zero-order chi connectivity index (χ0) is 16.7. The molecule has 2 aromatic rings. The molecule has 126 valence electrons. The maximum atomic E-state index is 12.7. The molecule has 1 fully saturated rings. The Balaban J connectivity index is 1.69. The van der Waals surface area contributed by atoms with Crippen LogP contribution in [0.15, 0.2) is 23.0 Å². The van der Waals surface area contributed by atoms with Crippen molar-refractivity contribution in [3.63, 3.8) is 0 Å². The van der Waals surface area contributed by atoms with Crippen LogP contribution in [-0.2, 0) is 13.0 Å². The fourth-order valence-corrected chi connectivity index (χ4v) is 3.56. The Bertz CT molecular complexity index is 852. The van der Waals surface area contributed by atoms with E-state index in [1.165, 1.54) is 12.8 Å². The average molecular weight is 325 g/mol. The molecule has 0 spiro atoms. The fourth-order valence-electron chi connectivity index (χ4n) is 3.56. The van der Waals surface area contributed by atoms with Gasteiger partial charge in [-0.2, -0.15) is 0 Å². The van der Waals surface area contributed by atoms with Crippen molar-refractivity contribution in [3.8, 4) is 0 Å². The van der Waals surface area contributed by atoms with E-state index in [1.807, 2.05) is 4.57 Å². The number of aryl methyl sites for hydroxylation is 1. The molecule has 1 atom stereocenters. The average Bonchev–Trinajstić information content (AvgIpc) is 3.41. The van der Waals surface area contributed by atoms with Gasteiger partial charge < -0.3 is 5.32 Å². The lowest BCUT2D eigenvalue weighted by Crippen LogP contribution is -2.34. The first kappa shape index (κ1) is 15.4. The SMILES string of the molecule is C[C@H](NC(=O)c1ccc2c(=O)n3c(nc2c1)CCCCC3)C1CC1. The summed E-state index contributed by atoms with van der Waals surface area (Å²) in [6.07, 6.45) is 6.45. The van der Waals surface area contributed by atoms with Crippen LogP contribution in [0.3, 0.4) is 0 Å². The van der Waals surface area contributed by atoms with E-state index in [0.717, 1.165) is 38.1 Å². The van der Waals surface area contributed by atoms with Gasteiger partial charge in [-0.3, -0.25) is 14.2 Å². The molecule has 5 nitrogen and oxygen atoms in total. The predicted octanol–water partition coefficient (Wildman–Crippen LogP) is 2.65. The second-order valence-corrected chi connectivity index (χ2v) is 7.13. The van der Waals surface area contributed by atoms with Crippen LogP contribution in [0, 0.1) is 5.92 Å². The summed E-state index contributed by atoms with van der Waals surface area (Å²) in [6.45, 7) is 2.80. The van der Waals surface area contributed by atoms with Crippen LogP contribution >= 0.6 is 0 Å². The van der Waals surface area contributed by atoms with Crippen LogP contribution in [0.5, 0.6) is 0 Å². The third kappa shape index (κ3) is 2.83. The van der Waals surface area contributed by atoms with Crippen LogP contribution in [0.25, 0.3) is 10.9 Å². The van der Waals surface area contributed by atoms with Crippen molar-refractivity contribution in [2.45, 2.75) is 58.0 Å². The van der Waals surface area contributed by atoms with Crippen LogP contribution < -0.4 is 10.9 Å². The lowest BCUT2D eigenvalue weighted by atomic mass is 10.1. The first-order valence-electron chi connectivity index (χ1n) is 8.98. The molecule has 4 rings (SSSR count). The van der Waals surface area contributed by atoms with Gasteiger partial charge in [-0.25, -0.2) is 4.98 Å². The molecule has 0 radical (unpaired) electrons. The van der Waals surface area contributed by atoms with Crippen LogP contribution in [0.1, 0.15) is 55.2 Å². The van der Waals surface area contributed by atoms with Crippen LogP contribution in [0.2, 0.25) is 0 Å². The Morgan fingerprint density at radius 1 is 1.29 bits per heavy atom. The summed E-state index contributed by atoms with van der Waals surface area (Å²) < 4.78 is 1.81. The van der Waals surface area contributed by atoms with Gasteiger partial charge in [0.05, 0.1) is 10.9 Å². The van der Waals surface area contributed by atoms with E-state index in [9.17, 15) is 9.59 Å². The summed E-state index contributed by atoms with van der Waals surface area (Å²) >= 11 is 0. The molecule has 2 heterocycles. The minimum Gasteiger partial charge on any atom is -0.349 e. The highest BCUT2D eigenvalue weighted by Crippen LogP contribution is 2.32. The molecule has 24 heavy (non-hydrogen) atoms. The van der Waals surface area contributed by atoms with Crippen molar-refractivity contribution < 1.29 is 4.79 Å². The van der Waals surface area contributed by atoms with Crippen molar-refractivity contribution in [1.82, 2.24) is 14.9 Å². The van der Waals surface area contributed by atoms with E-state index >= 15 is 0 Å². The van der Waals surface area contributed by atoms with E-state index in [1.54, 1.807) is 18.2 Å². The highest BCUT2D eigenvalue weighted by molar-refractivity contribution is 5.97. The van der Waals surface area contributed by atoms with Crippen molar-refractivity contribution in [1.29, 1.82) is 0 Å². The minimum absolute atomic E-state index is 0.0233. The van der Waals surface area contributed by atoms with E-state index < -0.39 is 0 Å². The summed E-state index contributed by atoms with van der Waals surface area (Å²) in [5, 5.41) is 3.66. The minimum atomic E-state index is -0.0758. The zero-order valence-electron chi connectivity index (χ0n) is 14.0. The highest BCUT2D eigenvalue weighted by Gasteiger charge is 2.29. The number of fused-ring (bicyclic) bond motifs is 2. The monoisotopic (exact) mass is 325 g/mol. The number of nitrogens with zero attached hydrogens (tertiary/aromatic N) is 2. The van der Waals surface area contributed by atoms with Crippen molar-refractivity contribution >= 4 is 16.8 Å². The molecule has 1 aliphatic heterocycles. The van der Waals surface area contributed by atoms with E-state index in [2.05, 4.69) is 17.2 Å². The number of aromatic nitrogens is 2. The standard InChI is InChI=1S/C19H23N3O2/c1-12(13-6-7-13)20-18(23)14-8-9-15-16(11-14)21-17-5-3-2-4-10-22(17)19(15)24/h8-9,11-13H,2-7,10H2,1H3,(H,20,23)/t12-/m0/s1. The van der Waals surface area contributed by atoms with Gasteiger partial charge in [0.15, 0.2) is 0 Å². The number of hydrogen-bond donors (Lipinski definition) is 1. The number of carbonyl (C=O) groups excluding carboxylic acids is 1. The third-order valence-electron chi connectivity index (χ3n) is 5.27. The Morgan fingerprint density at radius 2 is 2.12 bits per heavy atom. The van der Waals surface area contributed by atoms with Gasteiger partial charge in [-0.05, 0) is 56.7 Å². The molecule has 0 unspecified atom stereocenters. The third-order valence-corrected chi connectivity index (χ3v) is 5.27. The van der Waals surface area contributed by atoms with Gasteiger partial charge in [-0.15, -0.1) is 0 Å². The fraction of sp³-hybridized carbons (Fsp3) is 0.526. The summed E-state index contributed by atoms with van der Waals surface area (Å²) in [5.41, 5.74) is 1.25. The maximum Gasteiger partial charge on any atom is 0.261 e. The molecule has 1 aliphatic carbocycles. The van der Waals surface area contributed by atoms with Crippen LogP contribution in [0.4, 0.5) is 0 Å². The smallest absolute Gasteiger partial charge is 0.261 e. The molecule has 0 saturated heterocycles. The number of amides is 1. The van der Waals surface area contributed by atoms with E-state index in [-0.39, 0.29) is 17.5 Å². The molecular formula is C19H23N3O2. The molecule has 1 aromatic carbocycles. The summed E-state index contributed by atoms with van der Waals surface area (Å²) in [5.74, 6) is 1.40.